The van der Waals surface area contributed by atoms with Crippen molar-refractivity contribution in [3.63, 3.8) is 0 Å². The fourth-order valence-electron chi connectivity index (χ4n) is 3.52. The van der Waals surface area contributed by atoms with Gasteiger partial charge in [-0.05, 0) is 41.8 Å². The molecule has 0 aliphatic rings. The number of aromatic amines is 1. The van der Waals surface area contributed by atoms with E-state index in [1.807, 2.05) is 16.7 Å². The first-order valence-electron chi connectivity index (χ1n) is 10.4. The monoisotopic (exact) mass is 436 g/mol. The number of rotatable bonds is 3. The number of hydrogen-bond acceptors (Lipinski definition) is 4. The van der Waals surface area contributed by atoms with E-state index < -0.39 is 0 Å². The molecule has 0 aliphatic heterocycles. The summed E-state index contributed by atoms with van der Waals surface area (Å²) in [6.07, 6.45) is 0. The van der Waals surface area contributed by atoms with Gasteiger partial charge < -0.3 is 10.7 Å². The van der Waals surface area contributed by atoms with Crippen molar-refractivity contribution in [2.75, 3.05) is 5.73 Å². The first-order chi connectivity index (χ1) is 14.4. The van der Waals surface area contributed by atoms with Gasteiger partial charge in [0.2, 0.25) is 5.95 Å². The van der Waals surface area contributed by atoms with E-state index in [4.69, 9.17) is 15.7 Å². The molecule has 3 heterocycles. The maximum atomic E-state index is 13.5. The van der Waals surface area contributed by atoms with Crippen LogP contribution in [-0.4, -0.2) is 24.5 Å². The molecule has 4 aromatic rings. The molecule has 7 heteroatoms. The Kier molecular flexibility index (Phi) is 5.89. The number of nitrogens with one attached hydrogen (secondary N) is 1. The van der Waals surface area contributed by atoms with Crippen LogP contribution in [0.1, 0.15) is 54.8 Å². The zero-order valence-electron chi connectivity index (χ0n) is 18.9. The van der Waals surface area contributed by atoms with Gasteiger partial charge >= 0.3 is 0 Å². The summed E-state index contributed by atoms with van der Waals surface area (Å²) in [5, 5.41) is 0. The molecule has 32 heavy (non-hydrogen) atoms. The Balaban J connectivity index is 0.00000289. The van der Waals surface area contributed by atoms with Gasteiger partial charge in [-0.1, -0.05) is 49.0 Å². The summed E-state index contributed by atoms with van der Waals surface area (Å²) in [5.74, 6) is 1.01. The van der Waals surface area contributed by atoms with E-state index in [0.717, 1.165) is 39.6 Å². The van der Waals surface area contributed by atoms with Crippen molar-refractivity contribution in [1.82, 2.24) is 24.5 Å². The van der Waals surface area contributed by atoms with Crippen LogP contribution in [0.2, 0.25) is 0 Å². The molecule has 170 valence electrons. The number of pyridine rings is 1. The molecule has 0 atom stereocenters. The molecule has 0 amide bonds. The van der Waals surface area contributed by atoms with E-state index in [-0.39, 0.29) is 24.1 Å². The topological polar surface area (TPSA) is 85.4 Å². The quantitative estimate of drug-likeness (QED) is 0.401. The molecular formula is C25H33FN6. The largest absolute Gasteiger partial charge is 0.369 e. The lowest BCUT2D eigenvalue weighted by Crippen LogP contribution is -2.17. The van der Waals surface area contributed by atoms with Crippen molar-refractivity contribution in [1.29, 1.82) is 0 Å². The van der Waals surface area contributed by atoms with Crippen LogP contribution in [0.5, 0.6) is 0 Å². The molecule has 6 nitrogen and oxygen atoms in total. The molecule has 0 fully saturated rings. The van der Waals surface area contributed by atoms with Crippen molar-refractivity contribution < 1.29 is 4.39 Å². The van der Waals surface area contributed by atoms with Crippen molar-refractivity contribution in [3.05, 3.63) is 48.0 Å². The molecule has 1 aromatic carbocycles. The highest BCUT2D eigenvalue weighted by molar-refractivity contribution is 5.82. The Morgan fingerprint density at radius 2 is 1.59 bits per heavy atom. The van der Waals surface area contributed by atoms with Crippen LogP contribution in [0.4, 0.5) is 10.3 Å². The number of nitrogens with zero attached hydrogens (tertiary/aromatic N) is 4. The lowest BCUT2D eigenvalue weighted by molar-refractivity contribution is 0.350. The molecule has 3 aromatic heterocycles. The fraction of sp³-hybridized carbons (Fsp3) is 0.400. The molecule has 0 aliphatic carbocycles. The number of nitrogens with two attached hydrogens (primary N) is 1. The number of halogens is 1. The zero-order valence-corrected chi connectivity index (χ0v) is 18.9. The molecular weight excluding hydrogens is 403 g/mol. The summed E-state index contributed by atoms with van der Waals surface area (Å²) >= 11 is 0. The normalized spacial score (nSPS) is 12.2. The maximum Gasteiger partial charge on any atom is 0.202 e. The first kappa shape index (κ1) is 23.4. The summed E-state index contributed by atoms with van der Waals surface area (Å²) in [7, 11) is 0. The van der Waals surface area contributed by atoms with E-state index in [1.54, 1.807) is 12.1 Å². The Morgan fingerprint density at radius 3 is 2.19 bits per heavy atom. The summed E-state index contributed by atoms with van der Waals surface area (Å²) in [6, 6.07) is 10.2. The molecule has 0 radical (unpaired) electrons. The zero-order chi connectivity index (χ0) is 22.6. The molecule has 0 spiro atoms. The summed E-state index contributed by atoms with van der Waals surface area (Å²) in [4.78, 5) is 17.7. The van der Waals surface area contributed by atoms with Crippen LogP contribution in [0, 0.1) is 11.2 Å². The molecule has 0 bridgehead atoms. The van der Waals surface area contributed by atoms with Gasteiger partial charge in [0.15, 0.2) is 5.65 Å². The first-order valence-corrected chi connectivity index (χ1v) is 10.4. The number of imidazole rings is 2. The summed E-state index contributed by atoms with van der Waals surface area (Å²) in [5.41, 5.74) is 10.6. The van der Waals surface area contributed by atoms with Gasteiger partial charge in [-0.15, -0.1) is 0 Å². The van der Waals surface area contributed by atoms with Crippen LogP contribution < -0.4 is 5.73 Å². The van der Waals surface area contributed by atoms with Crippen LogP contribution in [0.3, 0.4) is 0 Å². The van der Waals surface area contributed by atoms with Crippen LogP contribution >= 0.6 is 0 Å². The molecule has 0 saturated carbocycles. The van der Waals surface area contributed by atoms with Crippen LogP contribution in [-0.2, 0) is 12.0 Å². The number of hydrogen-bond donors (Lipinski definition) is 2. The number of anilines is 1. The molecule has 4 rings (SSSR count). The van der Waals surface area contributed by atoms with Gasteiger partial charge in [0.05, 0.1) is 17.1 Å². The fourth-order valence-corrected chi connectivity index (χ4v) is 3.52. The minimum atomic E-state index is -0.280. The predicted molar refractivity (Wildman–Crippen MR) is 130 cm³/mol. The highest BCUT2D eigenvalue weighted by Gasteiger charge is 2.24. The second-order valence-electron chi connectivity index (χ2n) is 10.2. The molecule has 0 unspecified atom stereocenters. The number of fused-ring (bicyclic) bond motifs is 1. The Labute approximate surface area is 189 Å². The molecule has 3 N–H and O–H groups in total. The van der Waals surface area contributed by atoms with E-state index in [0.29, 0.717) is 12.5 Å². The SMILES string of the molecule is C.CC(C)(C)Cn1c(N)nc2ccc(-c3[nH]c(C(C)(C)C)nc3-c3ccc(F)cc3)nc21. The van der Waals surface area contributed by atoms with Gasteiger partial charge in [0, 0.05) is 17.5 Å². The standard InChI is InChI=1S/C24H29FN6.CH4/c1-23(2,3)13-31-20-17(28-22(31)26)12-11-16(27-20)19-18(14-7-9-15(25)10-8-14)29-21(30-19)24(4,5)6;/h7-12H,13H2,1-6H3,(H2,26,28)(H,29,30);1H4. The Hall–Kier alpha value is -3.22. The minimum absolute atomic E-state index is 0. The van der Waals surface area contributed by atoms with Gasteiger partial charge in [-0.25, -0.2) is 19.3 Å². The minimum Gasteiger partial charge on any atom is -0.369 e. The van der Waals surface area contributed by atoms with Crippen molar-refractivity contribution in [2.45, 2.75) is 60.9 Å². The van der Waals surface area contributed by atoms with Gasteiger partial charge in [-0.3, -0.25) is 4.57 Å². The lowest BCUT2D eigenvalue weighted by atomic mass is 9.96. The third-order valence-corrected chi connectivity index (χ3v) is 5.04. The number of benzene rings is 1. The summed E-state index contributed by atoms with van der Waals surface area (Å²) < 4.78 is 15.5. The Bertz CT molecular complexity index is 1240. The van der Waals surface area contributed by atoms with Gasteiger partial charge in [0.1, 0.15) is 17.2 Å². The van der Waals surface area contributed by atoms with Gasteiger partial charge in [0.25, 0.3) is 0 Å². The maximum absolute atomic E-state index is 13.5. The average Bonchev–Trinajstić information content (AvgIpc) is 3.23. The van der Waals surface area contributed by atoms with Crippen molar-refractivity contribution in [3.8, 4) is 22.6 Å². The number of H-pyrrole nitrogens is 1. The lowest BCUT2D eigenvalue weighted by Gasteiger charge is -2.19. The highest BCUT2D eigenvalue weighted by atomic mass is 19.1. The van der Waals surface area contributed by atoms with Crippen molar-refractivity contribution >= 4 is 17.1 Å². The van der Waals surface area contributed by atoms with E-state index >= 15 is 0 Å². The second kappa shape index (κ2) is 8.04. The second-order valence-corrected chi connectivity index (χ2v) is 10.2. The predicted octanol–water partition coefficient (Wildman–Crippen LogP) is 6.19. The third-order valence-electron chi connectivity index (χ3n) is 5.04. The van der Waals surface area contributed by atoms with Gasteiger partial charge in [-0.2, -0.15) is 0 Å². The van der Waals surface area contributed by atoms with Crippen LogP contribution in [0.15, 0.2) is 36.4 Å². The average molecular weight is 437 g/mol. The summed E-state index contributed by atoms with van der Waals surface area (Å²) in [6.45, 7) is 13.4. The Morgan fingerprint density at radius 1 is 0.938 bits per heavy atom. The smallest absolute Gasteiger partial charge is 0.202 e. The van der Waals surface area contributed by atoms with Crippen molar-refractivity contribution in [2.24, 2.45) is 5.41 Å². The number of nitrogen functional groups attached to an aromatic ring is 1. The van der Waals surface area contributed by atoms with Crippen LogP contribution in [0.25, 0.3) is 33.8 Å². The van der Waals surface area contributed by atoms with E-state index in [1.165, 1.54) is 12.1 Å². The molecule has 0 saturated heterocycles. The van der Waals surface area contributed by atoms with E-state index in [9.17, 15) is 4.39 Å². The highest BCUT2D eigenvalue weighted by Crippen LogP contribution is 2.34. The van der Waals surface area contributed by atoms with E-state index in [2.05, 4.69) is 51.5 Å². The number of aromatic nitrogens is 5. The third kappa shape index (κ3) is 4.52.